The number of methoxy groups -OCH3 is 1. The van der Waals surface area contributed by atoms with Crippen molar-refractivity contribution < 1.29 is 4.74 Å². The fourth-order valence-electron chi connectivity index (χ4n) is 4.63. The standard InChI is InChI=1S/C26H31ClN8O/c1-33(2)19-9-11-35(12-10-19)20-6-7-22(24(14-20)36-4)31-26-28-16-21(27)25(32-26)30-18-5-8-23-17(13-18)15-29-34(23)3/h5-8,13-16,19H,9-12H2,1-4H3,(H2,28,30,31,32). The molecule has 2 aromatic heterocycles. The maximum atomic E-state index is 6.40. The second-order valence-corrected chi connectivity index (χ2v) is 9.66. The van der Waals surface area contributed by atoms with Crippen molar-refractivity contribution in [1.82, 2.24) is 24.6 Å². The van der Waals surface area contributed by atoms with Crippen LogP contribution in [0.25, 0.3) is 10.9 Å². The van der Waals surface area contributed by atoms with E-state index in [-0.39, 0.29) is 0 Å². The molecule has 0 aliphatic carbocycles. The maximum Gasteiger partial charge on any atom is 0.229 e. The van der Waals surface area contributed by atoms with Gasteiger partial charge >= 0.3 is 0 Å². The number of piperidine rings is 1. The molecular weight excluding hydrogens is 476 g/mol. The summed E-state index contributed by atoms with van der Waals surface area (Å²) < 4.78 is 7.53. The van der Waals surface area contributed by atoms with E-state index in [1.54, 1.807) is 13.3 Å². The molecule has 0 bridgehead atoms. The van der Waals surface area contributed by atoms with Crippen LogP contribution in [0.5, 0.6) is 5.75 Å². The van der Waals surface area contributed by atoms with Crippen molar-refractivity contribution in [2.45, 2.75) is 18.9 Å². The Morgan fingerprint density at radius 2 is 1.86 bits per heavy atom. The van der Waals surface area contributed by atoms with Gasteiger partial charge in [0.25, 0.3) is 0 Å². The van der Waals surface area contributed by atoms with Crippen molar-refractivity contribution in [2.75, 3.05) is 49.8 Å². The first-order valence-electron chi connectivity index (χ1n) is 12.0. The number of rotatable bonds is 7. The molecule has 3 heterocycles. The first kappa shape index (κ1) is 24.1. The summed E-state index contributed by atoms with van der Waals surface area (Å²) >= 11 is 6.40. The molecule has 0 spiro atoms. The average Bonchev–Trinajstić information content (AvgIpc) is 3.26. The first-order valence-corrected chi connectivity index (χ1v) is 12.4. The van der Waals surface area contributed by atoms with Gasteiger partial charge < -0.3 is 25.2 Å². The molecule has 0 saturated carbocycles. The summed E-state index contributed by atoms with van der Waals surface area (Å²) in [5, 5.41) is 12.3. The minimum atomic E-state index is 0.419. The zero-order chi connectivity index (χ0) is 25.2. The lowest BCUT2D eigenvalue weighted by Gasteiger charge is -2.36. The second-order valence-electron chi connectivity index (χ2n) is 9.25. The molecule has 36 heavy (non-hydrogen) atoms. The Morgan fingerprint density at radius 3 is 2.61 bits per heavy atom. The molecule has 0 amide bonds. The molecule has 0 radical (unpaired) electrons. The van der Waals surface area contributed by atoms with Crippen molar-refractivity contribution in [3.05, 3.63) is 53.8 Å². The fraction of sp³-hybridized carbons (Fsp3) is 0.346. The molecule has 0 atom stereocenters. The Labute approximate surface area is 216 Å². The number of nitrogens with one attached hydrogen (secondary N) is 2. The Kier molecular flexibility index (Phi) is 6.84. The van der Waals surface area contributed by atoms with E-state index < -0.39 is 0 Å². The van der Waals surface area contributed by atoms with Crippen molar-refractivity contribution in [3.63, 3.8) is 0 Å². The number of hydrogen-bond acceptors (Lipinski definition) is 8. The largest absolute Gasteiger partial charge is 0.494 e. The lowest BCUT2D eigenvalue weighted by Crippen LogP contribution is -2.41. The summed E-state index contributed by atoms with van der Waals surface area (Å²) in [7, 11) is 7.90. The molecule has 9 nitrogen and oxygen atoms in total. The Balaban J connectivity index is 1.32. The fourth-order valence-corrected chi connectivity index (χ4v) is 4.77. The van der Waals surface area contributed by atoms with Crippen LogP contribution < -0.4 is 20.3 Å². The number of nitrogens with zero attached hydrogens (tertiary/aromatic N) is 6. The van der Waals surface area contributed by atoms with Crippen molar-refractivity contribution in [2.24, 2.45) is 7.05 Å². The van der Waals surface area contributed by atoms with Crippen molar-refractivity contribution in [1.29, 1.82) is 0 Å². The Hall–Kier alpha value is -3.56. The SMILES string of the molecule is COc1cc(N2CCC(N(C)C)CC2)ccc1Nc1ncc(Cl)c(Nc2ccc3c(cnn3C)c2)n1. The third-order valence-electron chi connectivity index (χ3n) is 6.74. The van der Waals surface area contributed by atoms with Gasteiger partial charge in [-0.15, -0.1) is 0 Å². The van der Waals surface area contributed by atoms with Gasteiger partial charge in [0.2, 0.25) is 5.95 Å². The van der Waals surface area contributed by atoms with Crippen LogP contribution in [0.3, 0.4) is 0 Å². The number of aryl methyl sites for hydroxylation is 1. The van der Waals surface area contributed by atoms with E-state index in [0.717, 1.165) is 59.6 Å². The van der Waals surface area contributed by atoms with Crippen LogP contribution in [-0.4, -0.2) is 65.0 Å². The van der Waals surface area contributed by atoms with E-state index >= 15 is 0 Å². The van der Waals surface area contributed by atoms with Crippen LogP contribution in [0.2, 0.25) is 5.02 Å². The molecule has 1 aliphatic rings. The zero-order valence-corrected chi connectivity index (χ0v) is 21.8. The normalized spacial score (nSPS) is 14.4. The molecule has 1 saturated heterocycles. The van der Waals surface area contributed by atoms with E-state index in [4.69, 9.17) is 16.3 Å². The average molecular weight is 507 g/mol. The van der Waals surface area contributed by atoms with Gasteiger partial charge in [0, 0.05) is 49.0 Å². The minimum Gasteiger partial charge on any atom is -0.494 e. The highest BCUT2D eigenvalue weighted by Crippen LogP contribution is 2.34. The highest BCUT2D eigenvalue weighted by atomic mass is 35.5. The van der Waals surface area contributed by atoms with Crippen LogP contribution >= 0.6 is 11.6 Å². The number of hydrogen-bond donors (Lipinski definition) is 2. The number of aromatic nitrogens is 4. The predicted molar refractivity (Wildman–Crippen MR) is 146 cm³/mol. The highest BCUT2D eigenvalue weighted by Gasteiger charge is 2.21. The third kappa shape index (κ3) is 5.03. The van der Waals surface area contributed by atoms with Crippen LogP contribution in [0.15, 0.2) is 48.8 Å². The quantitative estimate of drug-likeness (QED) is 0.360. The predicted octanol–water partition coefficient (Wildman–Crippen LogP) is 5.04. The molecule has 2 N–H and O–H groups in total. The lowest BCUT2D eigenvalue weighted by atomic mass is 10.0. The van der Waals surface area contributed by atoms with Crippen LogP contribution in [0.4, 0.5) is 28.8 Å². The number of anilines is 5. The third-order valence-corrected chi connectivity index (χ3v) is 7.02. The van der Waals surface area contributed by atoms with Crippen LogP contribution in [0, 0.1) is 0 Å². The smallest absolute Gasteiger partial charge is 0.229 e. The van der Waals surface area contributed by atoms with Gasteiger partial charge in [0.1, 0.15) is 10.8 Å². The Morgan fingerprint density at radius 1 is 1.06 bits per heavy atom. The first-order chi connectivity index (χ1) is 17.4. The summed E-state index contributed by atoms with van der Waals surface area (Å²) in [5.41, 5.74) is 3.85. The van der Waals surface area contributed by atoms with Gasteiger partial charge in [-0.05, 0) is 57.3 Å². The molecule has 4 aromatic rings. The van der Waals surface area contributed by atoms with E-state index in [9.17, 15) is 0 Å². The summed E-state index contributed by atoms with van der Waals surface area (Å²) in [6.07, 6.45) is 5.71. The summed E-state index contributed by atoms with van der Waals surface area (Å²) in [6, 6.07) is 12.8. The summed E-state index contributed by atoms with van der Waals surface area (Å²) in [4.78, 5) is 13.7. The minimum absolute atomic E-state index is 0.419. The molecule has 1 aliphatic heterocycles. The van der Waals surface area contributed by atoms with Crippen LogP contribution in [0.1, 0.15) is 12.8 Å². The van der Waals surface area contributed by atoms with Crippen molar-refractivity contribution >= 4 is 51.3 Å². The van der Waals surface area contributed by atoms with Gasteiger partial charge in [0.15, 0.2) is 5.82 Å². The number of benzene rings is 2. The van der Waals surface area contributed by atoms with Gasteiger partial charge in [0.05, 0.1) is 30.7 Å². The van der Waals surface area contributed by atoms with Crippen LogP contribution in [-0.2, 0) is 7.05 Å². The molecule has 0 unspecified atom stereocenters. The van der Waals surface area contributed by atoms with E-state index in [0.29, 0.717) is 22.8 Å². The van der Waals surface area contributed by atoms with Gasteiger partial charge in [-0.3, -0.25) is 4.68 Å². The lowest BCUT2D eigenvalue weighted by molar-refractivity contribution is 0.249. The highest BCUT2D eigenvalue weighted by molar-refractivity contribution is 6.32. The van der Waals surface area contributed by atoms with Gasteiger partial charge in [-0.1, -0.05) is 11.6 Å². The van der Waals surface area contributed by atoms with E-state index in [1.165, 1.54) is 0 Å². The number of fused-ring (bicyclic) bond motifs is 1. The topological polar surface area (TPSA) is 83.4 Å². The summed E-state index contributed by atoms with van der Waals surface area (Å²) in [5.74, 6) is 1.66. The molecule has 5 rings (SSSR count). The second kappa shape index (κ2) is 10.2. The molecular formula is C26H31ClN8O. The molecule has 2 aromatic carbocycles. The molecule has 1 fully saturated rings. The monoisotopic (exact) mass is 506 g/mol. The van der Waals surface area contributed by atoms with E-state index in [2.05, 4.69) is 61.7 Å². The maximum absolute atomic E-state index is 6.40. The summed E-state index contributed by atoms with van der Waals surface area (Å²) in [6.45, 7) is 2.05. The molecule has 10 heteroatoms. The Bertz CT molecular complexity index is 1360. The van der Waals surface area contributed by atoms with E-state index in [1.807, 2.05) is 42.2 Å². The van der Waals surface area contributed by atoms with Gasteiger partial charge in [-0.25, -0.2) is 4.98 Å². The number of ether oxygens (including phenoxy) is 1. The van der Waals surface area contributed by atoms with Crippen molar-refractivity contribution in [3.8, 4) is 5.75 Å². The zero-order valence-electron chi connectivity index (χ0n) is 21.0. The molecule has 188 valence electrons. The van der Waals surface area contributed by atoms with Gasteiger partial charge in [-0.2, -0.15) is 10.1 Å². The number of halogens is 1.